The lowest BCUT2D eigenvalue weighted by Crippen LogP contribution is -2.39. The third-order valence-electron chi connectivity index (χ3n) is 5.26. The number of carbonyl (C=O) groups is 1. The number of alkyl halides is 3. The van der Waals surface area contributed by atoms with E-state index in [1.54, 1.807) is 24.3 Å². The van der Waals surface area contributed by atoms with Gasteiger partial charge in [-0.25, -0.2) is 9.78 Å². The van der Waals surface area contributed by atoms with E-state index < -0.39 is 23.1 Å². The highest BCUT2D eigenvalue weighted by Crippen LogP contribution is 2.39. The Hall–Kier alpha value is -3.00. The van der Waals surface area contributed by atoms with Crippen LogP contribution in [0.2, 0.25) is 5.02 Å². The van der Waals surface area contributed by atoms with Crippen LogP contribution in [-0.4, -0.2) is 26.9 Å². The maximum atomic E-state index is 13.1. The normalized spacial score (nSPS) is 12.1. The lowest BCUT2D eigenvalue weighted by molar-refractivity contribution is -0.210. The Balaban J connectivity index is 1.91. The van der Waals surface area contributed by atoms with E-state index in [9.17, 15) is 22.8 Å². The van der Waals surface area contributed by atoms with Gasteiger partial charge in [-0.1, -0.05) is 41.4 Å². The molecule has 3 aromatic rings. The number of aromatic nitrogens is 3. The fraction of sp³-hybridized carbons (Fsp3) is 0.304. The van der Waals surface area contributed by atoms with Crippen molar-refractivity contribution in [3.8, 4) is 22.8 Å². The van der Waals surface area contributed by atoms with Crippen LogP contribution in [0.15, 0.2) is 47.3 Å². The second-order valence-corrected chi connectivity index (χ2v) is 8.46. The Labute approximate surface area is 187 Å². The summed E-state index contributed by atoms with van der Waals surface area (Å²) in [6, 6.07) is 12.1. The van der Waals surface area contributed by atoms with Crippen LogP contribution in [-0.2, 0) is 11.2 Å². The zero-order valence-electron chi connectivity index (χ0n) is 17.7. The number of nitrogens with zero attached hydrogens (tertiary/aromatic N) is 2. The van der Waals surface area contributed by atoms with Gasteiger partial charge >= 0.3 is 11.9 Å². The molecule has 0 aliphatic heterocycles. The molecule has 0 fully saturated rings. The van der Waals surface area contributed by atoms with Gasteiger partial charge in [0.1, 0.15) is 17.0 Å². The number of H-pyrrole nitrogens is 1. The predicted octanol–water partition coefficient (Wildman–Crippen LogP) is 5.55. The summed E-state index contributed by atoms with van der Waals surface area (Å²) in [4.78, 5) is 35.2. The van der Waals surface area contributed by atoms with E-state index in [2.05, 4.69) is 15.0 Å². The highest BCUT2D eigenvalue weighted by atomic mass is 35.5. The quantitative estimate of drug-likeness (QED) is 0.520. The van der Waals surface area contributed by atoms with Gasteiger partial charge in [-0.3, -0.25) is 9.78 Å². The van der Waals surface area contributed by atoms with Gasteiger partial charge in [0.2, 0.25) is 0 Å². The number of nitrogens with one attached hydrogen (secondary N) is 1. The van der Waals surface area contributed by atoms with Crippen molar-refractivity contribution in [1.82, 2.24) is 15.0 Å². The van der Waals surface area contributed by atoms with Crippen molar-refractivity contribution in [2.24, 2.45) is 5.41 Å². The first-order valence-electron chi connectivity index (χ1n) is 9.83. The third kappa shape index (κ3) is 5.07. The molecule has 168 valence electrons. The summed E-state index contributed by atoms with van der Waals surface area (Å²) in [6.07, 6.45) is -4.83. The molecule has 1 heterocycles. The Morgan fingerprint density at radius 3 is 2.47 bits per heavy atom. The number of aromatic amines is 1. The molecule has 9 heteroatoms. The first-order valence-corrected chi connectivity index (χ1v) is 10.2. The minimum Gasteiger partial charge on any atom is -0.299 e. The second kappa shape index (κ2) is 8.86. The molecule has 3 rings (SSSR count). The Morgan fingerprint density at radius 2 is 1.81 bits per heavy atom. The molecule has 0 radical (unpaired) electrons. The number of hydrogen-bond acceptors (Lipinski definition) is 4. The lowest BCUT2D eigenvalue weighted by atomic mass is 9.84. The van der Waals surface area contributed by atoms with Gasteiger partial charge in [-0.2, -0.15) is 18.2 Å². The van der Waals surface area contributed by atoms with Gasteiger partial charge in [0.15, 0.2) is 5.82 Å². The molecule has 1 N–H and O–H groups in total. The number of Topliss-reactive ketones (excluding diaryl/α,β-unsaturated/α-hetero) is 1. The van der Waals surface area contributed by atoms with Crippen molar-refractivity contribution in [3.05, 3.63) is 69.1 Å². The summed E-state index contributed by atoms with van der Waals surface area (Å²) in [7, 11) is 0. The average molecular weight is 464 g/mol. The zero-order chi connectivity index (χ0) is 23.7. The lowest BCUT2D eigenvalue weighted by Gasteiger charge is -2.26. The minimum atomic E-state index is -4.62. The smallest absolute Gasteiger partial charge is 0.299 e. The largest absolute Gasteiger partial charge is 0.400 e. The summed E-state index contributed by atoms with van der Waals surface area (Å²) < 4.78 is 39.3. The van der Waals surface area contributed by atoms with Crippen LogP contribution in [0, 0.1) is 12.3 Å². The number of ketones is 1. The molecule has 5 nitrogen and oxygen atoms in total. The molecule has 0 aliphatic rings. The number of hydrogen-bond donors (Lipinski definition) is 1. The van der Waals surface area contributed by atoms with Crippen molar-refractivity contribution < 1.29 is 18.0 Å². The van der Waals surface area contributed by atoms with Crippen LogP contribution in [0.1, 0.15) is 31.4 Å². The van der Waals surface area contributed by atoms with E-state index in [-0.39, 0.29) is 24.5 Å². The maximum Gasteiger partial charge on any atom is 0.400 e. The van der Waals surface area contributed by atoms with E-state index in [0.717, 1.165) is 19.4 Å². The van der Waals surface area contributed by atoms with Crippen molar-refractivity contribution in [2.75, 3.05) is 0 Å². The first kappa shape index (κ1) is 23.7. The summed E-state index contributed by atoms with van der Waals surface area (Å²) >= 11 is 6.30. The number of halogens is 4. The predicted molar refractivity (Wildman–Crippen MR) is 116 cm³/mol. The van der Waals surface area contributed by atoms with Gasteiger partial charge < -0.3 is 0 Å². The number of aryl methyl sites for hydroxylation is 2. The fourth-order valence-corrected chi connectivity index (χ4v) is 3.27. The molecule has 32 heavy (non-hydrogen) atoms. The molecular weight excluding hydrogens is 443 g/mol. The topological polar surface area (TPSA) is 75.7 Å². The van der Waals surface area contributed by atoms with Gasteiger partial charge in [0.25, 0.3) is 0 Å². The van der Waals surface area contributed by atoms with Crippen molar-refractivity contribution >= 4 is 17.4 Å². The molecule has 0 saturated heterocycles. The van der Waals surface area contributed by atoms with Gasteiger partial charge in [0.05, 0.1) is 5.02 Å². The Bertz CT molecular complexity index is 1220. The molecule has 0 saturated carbocycles. The van der Waals surface area contributed by atoms with Gasteiger partial charge in [-0.15, -0.1) is 0 Å². The fourth-order valence-electron chi connectivity index (χ4n) is 3.06. The maximum absolute atomic E-state index is 13.1. The van der Waals surface area contributed by atoms with Crippen LogP contribution in [0.5, 0.6) is 0 Å². The van der Waals surface area contributed by atoms with Crippen LogP contribution >= 0.6 is 11.6 Å². The van der Waals surface area contributed by atoms with Crippen molar-refractivity contribution in [2.45, 2.75) is 39.8 Å². The van der Waals surface area contributed by atoms with E-state index in [1.165, 1.54) is 0 Å². The first-order chi connectivity index (χ1) is 14.9. The van der Waals surface area contributed by atoms with Crippen LogP contribution in [0.4, 0.5) is 13.2 Å². The summed E-state index contributed by atoms with van der Waals surface area (Å²) in [5.41, 5.74) is -0.436. The number of carbonyl (C=O) groups excluding carboxylic acids is 1. The molecule has 0 atom stereocenters. The van der Waals surface area contributed by atoms with E-state index in [0.29, 0.717) is 21.7 Å². The molecule has 2 aromatic carbocycles. The van der Waals surface area contributed by atoms with E-state index in [1.807, 2.05) is 25.1 Å². The highest BCUT2D eigenvalue weighted by molar-refractivity contribution is 6.33. The standard InChI is InChI=1S/C23H21ClF3N3O2/c1-13-5-4-6-15(11-13)19-28-20(30-21(32)29-19)16-12-14(7-9-17(16)24)8-10-18(31)22(2,3)23(25,26)27/h4-7,9,11-12H,8,10H2,1-3H3,(H,28,29,30,32). The molecule has 0 aliphatic carbocycles. The molecule has 0 bridgehead atoms. The summed E-state index contributed by atoms with van der Waals surface area (Å²) in [6.45, 7) is 3.65. The zero-order valence-corrected chi connectivity index (χ0v) is 18.4. The molecule has 0 unspecified atom stereocenters. The van der Waals surface area contributed by atoms with Crippen LogP contribution in [0.25, 0.3) is 22.8 Å². The van der Waals surface area contributed by atoms with Gasteiger partial charge in [0, 0.05) is 17.5 Å². The Morgan fingerprint density at radius 1 is 1.09 bits per heavy atom. The van der Waals surface area contributed by atoms with Crippen molar-refractivity contribution in [3.63, 3.8) is 0 Å². The third-order valence-corrected chi connectivity index (χ3v) is 5.59. The van der Waals surface area contributed by atoms with Crippen LogP contribution < -0.4 is 5.69 Å². The Kier molecular flexibility index (Phi) is 6.55. The molecule has 0 amide bonds. The van der Waals surface area contributed by atoms with E-state index in [4.69, 9.17) is 11.6 Å². The second-order valence-electron chi connectivity index (χ2n) is 8.06. The molecule has 0 spiro atoms. The average Bonchev–Trinajstić information content (AvgIpc) is 2.71. The number of benzene rings is 2. The molecule has 1 aromatic heterocycles. The number of rotatable bonds is 6. The molecular formula is C23H21ClF3N3O2. The minimum absolute atomic E-state index is 0.0859. The monoisotopic (exact) mass is 463 g/mol. The van der Waals surface area contributed by atoms with Crippen LogP contribution in [0.3, 0.4) is 0 Å². The van der Waals surface area contributed by atoms with E-state index >= 15 is 0 Å². The van der Waals surface area contributed by atoms with Gasteiger partial charge in [-0.05, 0) is 51.0 Å². The van der Waals surface area contributed by atoms with Crippen molar-refractivity contribution in [1.29, 1.82) is 0 Å². The summed E-state index contributed by atoms with van der Waals surface area (Å²) in [5, 5.41) is 0.292. The SMILES string of the molecule is Cc1cccc(-c2nc(-c3cc(CCC(=O)C(C)(C)C(F)(F)F)ccc3Cl)[nH]c(=O)n2)c1. The summed E-state index contributed by atoms with van der Waals surface area (Å²) in [5.74, 6) is -0.509. The highest BCUT2D eigenvalue weighted by Gasteiger charge is 2.51.